The van der Waals surface area contributed by atoms with Gasteiger partial charge in [-0.3, -0.25) is 14.4 Å². The highest BCUT2D eigenvalue weighted by atomic mass is 32.2. The number of thioether (sulfide) groups is 1. The summed E-state index contributed by atoms with van der Waals surface area (Å²) in [6.45, 7) is 0. The predicted molar refractivity (Wildman–Crippen MR) is 122 cm³/mol. The van der Waals surface area contributed by atoms with Crippen LogP contribution in [0.2, 0.25) is 0 Å². The summed E-state index contributed by atoms with van der Waals surface area (Å²) >= 11 is 3.04. The molecule has 5 rings (SSSR count). The molecule has 1 aliphatic heterocycles. The van der Waals surface area contributed by atoms with Crippen LogP contribution in [0, 0.1) is 0 Å². The molecule has 30 heavy (non-hydrogen) atoms. The molecule has 1 aliphatic rings. The first kappa shape index (κ1) is 19.0. The van der Waals surface area contributed by atoms with Crippen LogP contribution in [0.5, 0.6) is 0 Å². The van der Waals surface area contributed by atoms with Crippen molar-refractivity contribution in [1.82, 2.24) is 0 Å². The molecular formula is C23H17N2O3S2+. The second-order valence-corrected chi connectivity index (χ2v) is 9.40. The Balaban J connectivity index is 1.66. The zero-order valence-corrected chi connectivity index (χ0v) is 17.9. The molecule has 5 nitrogen and oxygen atoms in total. The van der Waals surface area contributed by atoms with Crippen LogP contribution in [0.25, 0.3) is 22.4 Å². The van der Waals surface area contributed by atoms with Gasteiger partial charge in [-0.1, -0.05) is 47.4 Å². The van der Waals surface area contributed by atoms with Gasteiger partial charge in [0, 0.05) is 24.1 Å². The molecule has 0 bridgehead atoms. The second-order valence-electron chi connectivity index (χ2n) is 7.18. The smallest absolute Gasteiger partial charge is 0.263 e. The van der Waals surface area contributed by atoms with Gasteiger partial charge in [0.25, 0.3) is 5.01 Å². The maximum absolute atomic E-state index is 13.0. The van der Waals surface area contributed by atoms with Gasteiger partial charge in [0.15, 0.2) is 0 Å². The van der Waals surface area contributed by atoms with Crippen molar-refractivity contribution in [3.05, 3.63) is 94.6 Å². The van der Waals surface area contributed by atoms with Crippen LogP contribution in [-0.4, -0.2) is 12.4 Å². The monoisotopic (exact) mass is 433 g/mol. The lowest BCUT2D eigenvalue weighted by atomic mass is 10.3. The van der Waals surface area contributed by atoms with Crippen molar-refractivity contribution in [1.29, 1.82) is 0 Å². The van der Waals surface area contributed by atoms with E-state index in [-0.39, 0.29) is 15.8 Å². The minimum absolute atomic E-state index is 0.0350. The molecule has 0 N–H and O–H groups in total. The average molecular weight is 434 g/mol. The fourth-order valence-corrected chi connectivity index (χ4v) is 6.05. The summed E-state index contributed by atoms with van der Waals surface area (Å²) in [6, 6.07) is 15.8. The number of aromatic nitrogens is 1. The minimum atomic E-state index is -0.730. The quantitative estimate of drug-likeness (QED) is 0.347. The Labute approximate surface area is 179 Å². The molecule has 7 heteroatoms. The van der Waals surface area contributed by atoms with Crippen LogP contribution in [-0.2, 0) is 7.05 Å². The fourth-order valence-electron chi connectivity index (χ4n) is 3.73. The molecule has 0 aliphatic carbocycles. The summed E-state index contributed by atoms with van der Waals surface area (Å²) in [7, 11) is 3.80. The Hall–Kier alpha value is -3.03. The van der Waals surface area contributed by atoms with E-state index < -0.39 is 16.3 Å². The van der Waals surface area contributed by atoms with Gasteiger partial charge in [0.05, 0.1) is 21.5 Å². The van der Waals surface area contributed by atoms with Crippen LogP contribution in [0.3, 0.4) is 0 Å². The largest absolute Gasteiger partial charge is 0.358 e. The molecule has 1 unspecified atom stereocenters. The standard InChI is InChI=1S/C23H17N2O3S2/c1-24-15-7-3-5-9-17(15)29-19(24)11-13-21(26)14(23(28)22(13)27)12-20-25(2)16-8-4-6-10-18(16)30-20/h3-12,19H,1-2H3/q+1. The van der Waals surface area contributed by atoms with E-state index >= 15 is 0 Å². The molecule has 0 spiro atoms. The van der Waals surface area contributed by atoms with Crippen LogP contribution in [0.15, 0.2) is 67.8 Å². The Bertz CT molecular complexity index is 1580. The molecule has 0 saturated heterocycles. The molecule has 148 valence electrons. The van der Waals surface area contributed by atoms with E-state index in [2.05, 4.69) is 0 Å². The number of para-hydroxylation sites is 2. The van der Waals surface area contributed by atoms with E-state index in [0.29, 0.717) is 0 Å². The van der Waals surface area contributed by atoms with Crippen LogP contribution in [0.4, 0.5) is 5.69 Å². The molecule has 0 amide bonds. The van der Waals surface area contributed by atoms with Gasteiger partial charge in [0.1, 0.15) is 11.7 Å². The molecule has 4 aromatic rings. The molecule has 0 radical (unpaired) electrons. The molecule has 1 aromatic heterocycles. The summed E-state index contributed by atoms with van der Waals surface area (Å²) in [6.07, 6.45) is 3.17. The highest BCUT2D eigenvalue weighted by molar-refractivity contribution is 8.00. The highest BCUT2D eigenvalue weighted by Crippen LogP contribution is 2.42. The summed E-state index contributed by atoms with van der Waals surface area (Å²) in [5, 5.41) is 0.448. The Morgan fingerprint density at radius 1 is 0.933 bits per heavy atom. The third-order valence-corrected chi connectivity index (χ3v) is 7.87. The van der Waals surface area contributed by atoms with Crippen molar-refractivity contribution in [2.75, 3.05) is 11.9 Å². The van der Waals surface area contributed by atoms with Crippen LogP contribution in [0.1, 0.15) is 5.01 Å². The first-order chi connectivity index (χ1) is 14.5. The summed E-state index contributed by atoms with van der Waals surface area (Å²) < 4.78 is 2.98. The van der Waals surface area contributed by atoms with Crippen molar-refractivity contribution >= 4 is 51.2 Å². The maximum atomic E-state index is 13.0. The van der Waals surface area contributed by atoms with E-state index in [1.807, 2.05) is 72.1 Å². The number of nitrogens with zero attached hydrogens (tertiary/aromatic N) is 2. The van der Waals surface area contributed by atoms with Gasteiger partial charge in [0.2, 0.25) is 21.8 Å². The molecule has 0 saturated carbocycles. The third-order valence-electron chi connectivity index (χ3n) is 5.41. The van der Waals surface area contributed by atoms with Crippen molar-refractivity contribution in [3.8, 4) is 0 Å². The van der Waals surface area contributed by atoms with Crippen molar-refractivity contribution in [2.45, 2.75) is 10.3 Å². The lowest BCUT2D eigenvalue weighted by molar-refractivity contribution is -0.642. The van der Waals surface area contributed by atoms with E-state index in [9.17, 15) is 14.4 Å². The van der Waals surface area contributed by atoms with Crippen LogP contribution < -0.4 is 36.2 Å². The first-order valence-electron chi connectivity index (χ1n) is 9.39. The first-order valence-corrected chi connectivity index (χ1v) is 11.1. The molecule has 1 atom stereocenters. The maximum Gasteiger partial charge on any atom is 0.263 e. The SMILES string of the molecule is CN1c2ccccc2SC1C=c1c(=O)c(=O)c(=Cc2sc3ccccc3[n+]2C)c1=O. The second kappa shape index (κ2) is 7.04. The van der Waals surface area contributed by atoms with Crippen molar-refractivity contribution in [3.63, 3.8) is 0 Å². The van der Waals surface area contributed by atoms with Gasteiger partial charge in [-0.15, -0.1) is 0 Å². The number of hydrogen-bond donors (Lipinski definition) is 0. The normalized spacial score (nSPS) is 17.3. The number of hydrogen-bond acceptors (Lipinski definition) is 6. The van der Waals surface area contributed by atoms with Gasteiger partial charge in [-0.05, 0) is 24.3 Å². The van der Waals surface area contributed by atoms with Gasteiger partial charge in [-0.2, -0.15) is 4.57 Å². The Kier molecular flexibility index (Phi) is 4.45. The number of benzene rings is 2. The van der Waals surface area contributed by atoms with Crippen LogP contribution >= 0.6 is 23.1 Å². The van der Waals surface area contributed by atoms with Crippen molar-refractivity contribution < 1.29 is 4.57 Å². The third kappa shape index (κ3) is 2.85. The molecule has 2 heterocycles. The average Bonchev–Trinajstić information content (AvgIpc) is 3.31. The van der Waals surface area contributed by atoms with Gasteiger partial charge < -0.3 is 4.90 Å². The Morgan fingerprint density at radius 2 is 1.63 bits per heavy atom. The highest BCUT2D eigenvalue weighted by Gasteiger charge is 2.26. The zero-order valence-electron chi connectivity index (χ0n) is 16.3. The number of anilines is 1. The van der Waals surface area contributed by atoms with Crippen molar-refractivity contribution in [2.24, 2.45) is 7.05 Å². The van der Waals surface area contributed by atoms with E-state index in [1.165, 1.54) is 11.3 Å². The van der Waals surface area contributed by atoms with Gasteiger partial charge >= 0.3 is 0 Å². The number of fused-ring (bicyclic) bond motifs is 2. The minimum Gasteiger partial charge on any atom is -0.358 e. The van der Waals surface area contributed by atoms with Gasteiger partial charge in [-0.25, -0.2) is 0 Å². The summed E-state index contributed by atoms with van der Waals surface area (Å²) in [4.78, 5) is 41.4. The zero-order chi connectivity index (χ0) is 21.0. The van der Waals surface area contributed by atoms with E-state index in [0.717, 1.165) is 25.8 Å². The lowest BCUT2D eigenvalue weighted by Crippen LogP contribution is -2.39. The summed E-state index contributed by atoms with van der Waals surface area (Å²) in [5.41, 5.74) is 0.108. The molecule has 3 aromatic carbocycles. The summed E-state index contributed by atoms with van der Waals surface area (Å²) in [5.74, 6) is 0. The topological polar surface area (TPSA) is 58.3 Å². The molecular weight excluding hydrogens is 416 g/mol. The van der Waals surface area contributed by atoms with E-state index in [4.69, 9.17) is 0 Å². The number of thiazole rings is 1. The van der Waals surface area contributed by atoms with E-state index in [1.54, 1.807) is 23.9 Å². The fraction of sp³-hybridized carbons (Fsp3) is 0.130. The number of aryl methyl sites for hydroxylation is 1. The predicted octanol–water partition coefficient (Wildman–Crippen LogP) is 0.859. The molecule has 0 fully saturated rings. The number of rotatable bonds is 2. The Morgan fingerprint density at radius 3 is 2.40 bits per heavy atom. The lowest BCUT2D eigenvalue weighted by Gasteiger charge is -2.17.